The third-order valence-electron chi connectivity index (χ3n) is 4.80. The number of hydrogen-bond donors (Lipinski definition) is 0. The van der Waals surface area contributed by atoms with Crippen LogP contribution in [-0.2, 0) is 9.53 Å². The molecule has 33 heavy (non-hydrogen) atoms. The first-order valence-electron chi connectivity index (χ1n) is 10.5. The van der Waals surface area contributed by atoms with Crippen molar-refractivity contribution in [1.82, 2.24) is 15.0 Å². The van der Waals surface area contributed by atoms with Gasteiger partial charge in [-0.3, -0.25) is 9.97 Å². The molecule has 0 aliphatic rings. The molecule has 0 saturated carbocycles. The lowest BCUT2D eigenvalue weighted by atomic mass is 10.0. The van der Waals surface area contributed by atoms with Crippen molar-refractivity contribution in [1.29, 1.82) is 0 Å². The van der Waals surface area contributed by atoms with Gasteiger partial charge < -0.3 is 9.47 Å². The van der Waals surface area contributed by atoms with E-state index in [1.807, 2.05) is 72.8 Å². The molecule has 3 aromatic heterocycles. The minimum atomic E-state index is -0.418. The molecule has 0 unspecified atom stereocenters. The first kappa shape index (κ1) is 21.9. The number of rotatable bonds is 8. The van der Waals surface area contributed by atoms with Crippen molar-refractivity contribution in [3.63, 3.8) is 0 Å². The largest absolute Gasteiger partial charge is 0.490 e. The van der Waals surface area contributed by atoms with Crippen LogP contribution < -0.4 is 4.74 Å². The average Bonchev–Trinajstić information content (AvgIpc) is 2.87. The topological polar surface area (TPSA) is 74.2 Å². The van der Waals surface area contributed by atoms with Gasteiger partial charge in [-0.25, -0.2) is 9.78 Å². The number of nitrogens with zero attached hydrogens (tertiary/aromatic N) is 3. The van der Waals surface area contributed by atoms with Gasteiger partial charge in [-0.05, 0) is 66.6 Å². The quantitative estimate of drug-likeness (QED) is 0.210. The fourth-order valence-electron chi connectivity index (χ4n) is 3.15. The molecule has 0 aliphatic heterocycles. The van der Waals surface area contributed by atoms with Gasteiger partial charge >= 0.3 is 5.97 Å². The zero-order valence-electron chi connectivity index (χ0n) is 18.3. The Labute approximate surface area is 192 Å². The van der Waals surface area contributed by atoms with Crippen molar-refractivity contribution in [2.75, 3.05) is 13.2 Å². The Morgan fingerprint density at radius 3 is 1.91 bits per heavy atom. The van der Waals surface area contributed by atoms with E-state index in [1.165, 1.54) is 0 Å². The number of carbonyl (C=O) groups is 1. The van der Waals surface area contributed by atoms with Crippen molar-refractivity contribution in [2.24, 2.45) is 0 Å². The summed E-state index contributed by atoms with van der Waals surface area (Å²) in [7, 11) is 0. The van der Waals surface area contributed by atoms with E-state index < -0.39 is 5.97 Å². The van der Waals surface area contributed by atoms with Crippen LogP contribution in [0.15, 0.2) is 97.3 Å². The van der Waals surface area contributed by atoms with E-state index in [0.29, 0.717) is 11.3 Å². The summed E-state index contributed by atoms with van der Waals surface area (Å²) in [5, 5.41) is 0. The van der Waals surface area contributed by atoms with E-state index in [0.717, 1.165) is 33.9 Å². The Kier molecular flexibility index (Phi) is 6.85. The fraction of sp³-hybridized carbons (Fsp3) is 0.111. The van der Waals surface area contributed by atoms with Gasteiger partial charge in [0.05, 0.1) is 22.8 Å². The predicted octanol–water partition coefficient (Wildman–Crippen LogP) is 5.37. The number of benzene rings is 1. The van der Waals surface area contributed by atoms with Gasteiger partial charge in [0.15, 0.2) is 0 Å². The summed E-state index contributed by atoms with van der Waals surface area (Å²) in [4.78, 5) is 25.1. The van der Waals surface area contributed by atoms with E-state index in [-0.39, 0.29) is 13.2 Å². The van der Waals surface area contributed by atoms with Crippen LogP contribution in [0, 0.1) is 0 Å². The first-order chi connectivity index (χ1) is 16.1. The molecule has 0 atom stereocenters. The molecule has 0 aliphatic carbocycles. The maximum atomic E-state index is 11.4. The molecule has 3 heterocycles. The van der Waals surface area contributed by atoms with E-state index >= 15 is 0 Å². The van der Waals surface area contributed by atoms with Gasteiger partial charge in [0.25, 0.3) is 0 Å². The van der Waals surface area contributed by atoms with Crippen LogP contribution in [0.3, 0.4) is 0 Å². The van der Waals surface area contributed by atoms with Gasteiger partial charge in [0.2, 0.25) is 0 Å². The molecule has 4 rings (SSSR count). The molecular formula is C27H23N3O3. The van der Waals surface area contributed by atoms with E-state index in [1.54, 1.807) is 19.3 Å². The SMILES string of the molecule is C=C(C)C(=O)OCCOc1ccc(-c2cc(-c3ccccn3)nc(-c3ccccn3)c2)cc1. The molecule has 0 amide bonds. The smallest absolute Gasteiger partial charge is 0.333 e. The Hall–Kier alpha value is -4.32. The Balaban J connectivity index is 1.56. The molecule has 0 N–H and O–H groups in total. The monoisotopic (exact) mass is 437 g/mol. The van der Waals surface area contributed by atoms with Gasteiger partial charge in [-0.15, -0.1) is 0 Å². The van der Waals surface area contributed by atoms with Crippen molar-refractivity contribution < 1.29 is 14.3 Å². The maximum Gasteiger partial charge on any atom is 0.333 e. The highest BCUT2D eigenvalue weighted by Gasteiger charge is 2.10. The highest BCUT2D eigenvalue weighted by Crippen LogP contribution is 2.29. The van der Waals surface area contributed by atoms with Crippen LogP contribution in [0.1, 0.15) is 6.92 Å². The van der Waals surface area contributed by atoms with Crippen molar-refractivity contribution >= 4 is 5.97 Å². The van der Waals surface area contributed by atoms with Crippen LogP contribution >= 0.6 is 0 Å². The minimum Gasteiger partial charge on any atom is -0.490 e. The predicted molar refractivity (Wildman–Crippen MR) is 127 cm³/mol. The molecule has 1 aromatic carbocycles. The Bertz CT molecular complexity index is 1180. The molecule has 0 bridgehead atoms. The van der Waals surface area contributed by atoms with Crippen molar-refractivity contribution in [3.8, 4) is 39.7 Å². The van der Waals surface area contributed by atoms with Crippen LogP contribution in [0.4, 0.5) is 0 Å². The highest BCUT2D eigenvalue weighted by atomic mass is 16.6. The lowest BCUT2D eigenvalue weighted by Gasteiger charge is -2.11. The number of esters is 1. The number of hydrogen-bond acceptors (Lipinski definition) is 6. The summed E-state index contributed by atoms with van der Waals surface area (Å²) in [5.74, 6) is 0.271. The van der Waals surface area contributed by atoms with Crippen LogP contribution in [0.2, 0.25) is 0 Å². The fourth-order valence-corrected chi connectivity index (χ4v) is 3.15. The molecule has 0 fully saturated rings. The molecule has 6 nitrogen and oxygen atoms in total. The van der Waals surface area contributed by atoms with E-state index in [9.17, 15) is 4.79 Å². The molecule has 0 radical (unpaired) electrons. The number of pyridine rings is 3. The number of carbonyl (C=O) groups excluding carboxylic acids is 1. The number of aromatic nitrogens is 3. The second-order valence-electron chi connectivity index (χ2n) is 7.35. The third kappa shape index (κ3) is 5.68. The third-order valence-corrected chi connectivity index (χ3v) is 4.80. The molecule has 0 saturated heterocycles. The normalized spacial score (nSPS) is 10.5. The summed E-state index contributed by atoms with van der Waals surface area (Å²) in [6.45, 7) is 5.59. The summed E-state index contributed by atoms with van der Waals surface area (Å²) < 4.78 is 10.7. The second kappa shape index (κ2) is 10.3. The average molecular weight is 437 g/mol. The van der Waals surface area contributed by atoms with E-state index in [2.05, 4.69) is 16.5 Å². The van der Waals surface area contributed by atoms with Gasteiger partial charge in [-0.2, -0.15) is 0 Å². The Morgan fingerprint density at radius 2 is 1.39 bits per heavy atom. The second-order valence-corrected chi connectivity index (χ2v) is 7.35. The zero-order chi connectivity index (χ0) is 23.0. The highest BCUT2D eigenvalue weighted by molar-refractivity contribution is 5.86. The zero-order valence-corrected chi connectivity index (χ0v) is 18.3. The summed E-state index contributed by atoms with van der Waals surface area (Å²) in [6, 6.07) is 23.3. The van der Waals surface area contributed by atoms with Gasteiger partial charge in [-0.1, -0.05) is 30.8 Å². The summed E-state index contributed by atoms with van der Waals surface area (Å²) in [6.07, 6.45) is 3.51. The minimum absolute atomic E-state index is 0.165. The van der Waals surface area contributed by atoms with Crippen LogP contribution in [0.5, 0.6) is 5.75 Å². The standard InChI is InChI=1S/C27H23N3O3/c1-19(2)27(31)33-16-15-32-22-11-9-20(10-12-22)21-17-25(23-7-3-5-13-28-23)30-26(18-21)24-8-4-6-14-29-24/h3-14,17-18H,1,15-16H2,2H3. The maximum absolute atomic E-state index is 11.4. The van der Waals surface area contributed by atoms with E-state index in [4.69, 9.17) is 14.5 Å². The molecule has 0 spiro atoms. The number of ether oxygens (including phenoxy) is 2. The van der Waals surface area contributed by atoms with Gasteiger partial charge in [0.1, 0.15) is 19.0 Å². The molecule has 6 heteroatoms. The van der Waals surface area contributed by atoms with Gasteiger partial charge in [0, 0.05) is 18.0 Å². The Morgan fingerprint density at radius 1 is 0.788 bits per heavy atom. The van der Waals surface area contributed by atoms with Crippen LogP contribution in [-0.4, -0.2) is 34.1 Å². The lowest BCUT2D eigenvalue weighted by molar-refractivity contribution is -0.139. The molecule has 4 aromatic rings. The summed E-state index contributed by atoms with van der Waals surface area (Å²) in [5.41, 5.74) is 5.50. The lowest BCUT2D eigenvalue weighted by Crippen LogP contribution is -2.12. The van der Waals surface area contributed by atoms with Crippen LogP contribution in [0.25, 0.3) is 33.9 Å². The molecule has 164 valence electrons. The van der Waals surface area contributed by atoms with Crippen molar-refractivity contribution in [2.45, 2.75) is 6.92 Å². The molecular weight excluding hydrogens is 414 g/mol. The summed E-state index contributed by atoms with van der Waals surface area (Å²) >= 11 is 0. The van der Waals surface area contributed by atoms with Crippen molar-refractivity contribution in [3.05, 3.63) is 97.3 Å². The first-order valence-corrected chi connectivity index (χ1v) is 10.5.